The van der Waals surface area contributed by atoms with Crippen LogP contribution in [0.25, 0.3) is 0 Å². The van der Waals surface area contributed by atoms with Gasteiger partial charge >= 0.3 is 0 Å². The van der Waals surface area contributed by atoms with Gasteiger partial charge in [-0.3, -0.25) is 0 Å². The zero-order valence-corrected chi connectivity index (χ0v) is 11.1. The molecule has 0 heterocycles. The molecule has 2 unspecified atom stereocenters. The molecular weight excluding hydrogens is 184 g/mol. The normalized spacial score (nSPS) is 28.4. The Bertz CT molecular complexity index is 203. The van der Waals surface area contributed by atoms with E-state index >= 15 is 0 Å². The lowest BCUT2D eigenvalue weighted by molar-refractivity contribution is 0.188. The van der Waals surface area contributed by atoms with Crippen LogP contribution in [-0.2, 0) is 0 Å². The number of hydrogen-bond acceptors (Lipinski definition) is 2. The van der Waals surface area contributed by atoms with E-state index in [-0.39, 0.29) is 11.0 Å². The number of rotatable bonds is 4. The maximum Gasteiger partial charge on any atom is 0.0161 e. The Morgan fingerprint density at radius 2 is 1.80 bits per heavy atom. The van der Waals surface area contributed by atoms with Crippen LogP contribution in [0.1, 0.15) is 53.9 Å². The molecule has 15 heavy (non-hydrogen) atoms. The highest BCUT2D eigenvalue weighted by Crippen LogP contribution is 2.29. The van der Waals surface area contributed by atoms with E-state index in [4.69, 9.17) is 5.73 Å². The van der Waals surface area contributed by atoms with Crippen LogP contribution in [0.4, 0.5) is 0 Å². The molecule has 1 rings (SSSR count). The van der Waals surface area contributed by atoms with Gasteiger partial charge in [0.1, 0.15) is 0 Å². The third-order valence-corrected chi connectivity index (χ3v) is 4.27. The standard InChI is InChI=1S/C13H28N2/c1-10-6-7-11(8-10)15-9-12(2,3)13(4,5)14/h10-11,15H,6-9,14H2,1-5H3. The predicted molar refractivity (Wildman–Crippen MR) is 66.9 cm³/mol. The van der Waals surface area contributed by atoms with Crippen molar-refractivity contribution in [2.24, 2.45) is 17.1 Å². The molecule has 2 nitrogen and oxygen atoms in total. The van der Waals surface area contributed by atoms with E-state index in [9.17, 15) is 0 Å². The van der Waals surface area contributed by atoms with Gasteiger partial charge in [-0.1, -0.05) is 20.8 Å². The third kappa shape index (κ3) is 3.46. The molecule has 0 spiro atoms. The Morgan fingerprint density at radius 1 is 1.20 bits per heavy atom. The Morgan fingerprint density at radius 3 is 2.20 bits per heavy atom. The van der Waals surface area contributed by atoms with E-state index in [2.05, 4.69) is 39.9 Å². The van der Waals surface area contributed by atoms with Crippen molar-refractivity contribution in [3.05, 3.63) is 0 Å². The molecule has 90 valence electrons. The maximum atomic E-state index is 6.19. The number of nitrogens with one attached hydrogen (secondary N) is 1. The van der Waals surface area contributed by atoms with Gasteiger partial charge in [-0.25, -0.2) is 0 Å². The average molecular weight is 212 g/mol. The van der Waals surface area contributed by atoms with Gasteiger partial charge < -0.3 is 11.1 Å². The predicted octanol–water partition coefficient (Wildman–Crippen LogP) is 2.53. The maximum absolute atomic E-state index is 6.19. The van der Waals surface area contributed by atoms with E-state index in [0.29, 0.717) is 0 Å². The van der Waals surface area contributed by atoms with Crippen LogP contribution < -0.4 is 11.1 Å². The van der Waals surface area contributed by atoms with Gasteiger partial charge in [-0.05, 0) is 44.4 Å². The Labute approximate surface area is 95.0 Å². The highest BCUT2D eigenvalue weighted by Gasteiger charge is 2.34. The summed E-state index contributed by atoms with van der Waals surface area (Å²) in [5.74, 6) is 0.900. The zero-order chi connectivity index (χ0) is 11.7. The summed E-state index contributed by atoms with van der Waals surface area (Å²) < 4.78 is 0. The second kappa shape index (κ2) is 4.42. The molecule has 0 aliphatic heterocycles. The van der Waals surface area contributed by atoms with Gasteiger partial charge in [0.05, 0.1) is 0 Å². The molecule has 1 aliphatic rings. The van der Waals surface area contributed by atoms with Crippen molar-refractivity contribution in [1.82, 2.24) is 5.32 Å². The molecule has 1 aliphatic carbocycles. The molecule has 2 atom stereocenters. The smallest absolute Gasteiger partial charge is 0.0161 e. The molecular formula is C13H28N2. The largest absolute Gasteiger partial charge is 0.325 e. The van der Waals surface area contributed by atoms with Crippen molar-refractivity contribution in [3.63, 3.8) is 0 Å². The topological polar surface area (TPSA) is 38.0 Å². The van der Waals surface area contributed by atoms with Crippen LogP contribution in [0.5, 0.6) is 0 Å². The summed E-state index contributed by atoms with van der Waals surface area (Å²) in [7, 11) is 0. The van der Waals surface area contributed by atoms with Gasteiger partial charge in [0.25, 0.3) is 0 Å². The molecule has 2 heteroatoms. The first-order valence-corrected chi connectivity index (χ1v) is 6.24. The van der Waals surface area contributed by atoms with Crippen molar-refractivity contribution in [2.75, 3.05) is 6.54 Å². The summed E-state index contributed by atoms with van der Waals surface area (Å²) in [6.07, 6.45) is 4.05. The molecule has 0 aromatic carbocycles. The second-order valence-corrected chi connectivity index (χ2v) is 6.60. The minimum Gasteiger partial charge on any atom is -0.325 e. The SMILES string of the molecule is CC1CCC(NCC(C)(C)C(C)(C)N)C1. The lowest BCUT2D eigenvalue weighted by Gasteiger charge is -2.39. The molecule has 0 radical (unpaired) electrons. The van der Waals surface area contributed by atoms with Gasteiger partial charge in [0, 0.05) is 18.1 Å². The quantitative estimate of drug-likeness (QED) is 0.751. The van der Waals surface area contributed by atoms with Crippen LogP contribution in [-0.4, -0.2) is 18.1 Å². The fourth-order valence-corrected chi connectivity index (χ4v) is 2.02. The zero-order valence-electron chi connectivity index (χ0n) is 11.1. The van der Waals surface area contributed by atoms with Crippen molar-refractivity contribution in [1.29, 1.82) is 0 Å². The molecule has 0 bridgehead atoms. The first kappa shape index (κ1) is 13.0. The number of nitrogens with two attached hydrogens (primary N) is 1. The minimum absolute atomic E-state index is 0.121. The van der Waals surface area contributed by atoms with Gasteiger partial charge in [-0.2, -0.15) is 0 Å². The summed E-state index contributed by atoms with van der Waals surface area (Å²) in [5.41, 5.74) is 6.22. The third-order valence-electron chi connectivity index (χ3n) is 4.27. The van der Waals surface area contributed by atoms with Gasteiger partial charge in [0.2, 0.25) is 0 Å². The van der Waals surface area contributed by atoms with Crippen molar-refractivity contribution in [2.45, 2.75) is 65.5 Å². The average Bonchev–Trinajstić information content (AvgIpc) is 2.46. The van der Waals surface area contributed by atoms with Crippen LogP contribution in [0.3, 0.4) is 0 Å². The molecule has 0 aromatic rings. The molecule has 3 N–H and O–H groups in total. The van der Waals surface area contributed by atoms with Crippen LogP contribution >= 0.6 is 0 Å². The lowest BCUT2D eigenvalue weighted by Crippen LogP contribution is -2.53. The van der Waals surface area contributed by atoms with Crippen LogP contribution in [0.15, 0.2) is 0 Å². The van der Waals surface area contributed by atoms with Crippen LogP contribution in [0.2, 0.25) is 0 Å². The highest BCUT2D eigenvalue weighted by atomic mass is 14.9. The van der Waals surface area contributed by atoms with Crippen LogP contribution in [0, 0.1) is 11.3 Å². The second-order valence-electron chi connectivity index (χ2n) is 6.60. The first-order chi connectivity index (χ1) is 6.72. The van der Waals surface area contributed by atoms with E-state index in [1.54, 1.807) is 0 Å². The van der Waals surface area contributed by atoms with Crippen molar-refractivity contribution >= 4 is 0 Å². The summed E-state index contributed by atoms with van der Waals surface area (Å²) in [6.45, 7) is 12.1. The number of hydrogen-bond donors (Lipinski definition) is 2. The molecule has 0 saturated heterocycles. The van der Waals surface area contributed by atoms with E-state index < -0.39 is 0 Å². The fourth-order valence-electron chi connectivity index (χ4n) is 2.02. The summed E-state index contributed by atoms with van der Waals surface area (Å²) >= 11 is 0. The first-order valence-electron chi connectivity index (χ1n) is 6.24. The van der Waals surface area contributed by atoms with E-state index in [1.165, 1.54) is 19.3 Å². The summed E-state index contributed by atoms with van der Waals surface area (Å²) in [6, 6.07) is 0.724. The fraction of sp³-hybridized carbons (Fsp3) is 1.00. The molecule has 0 aromatic heterocycles. The van der Waals surface area contributed by atoms with Gasteiger partial charge in [0.15, 0.2) is 0 Å². The summed E-state index contributed by atoms with van der Waals surface area (Å²) in [4.78, 5) is 0. The van der Waals surface area contributed by atoms with Crippen molar-refractivity contribution in [3.8, 4) is 0 Å². The Hall–Kier alpha value is -0.0800. The summed E-state index contributed by atoms with van der Waals surface area (Å²) in [5, 5.41) is 3.68. The minimum atomic E-state index is -0.121. The monoisotopic (exact) mass is 212 g/mol. The van der Waals surface area contributed by atoms with E-state index in [0.717, 1.165) is 18.5 Å². The molecule has 0 amide bonds. The molecule has 1 saturated carbocycles. The Balaban J connectivity index is 2.36. The lowest BCUT2D eigenvalue weighted by atomic mass is 9.75. The van der Waals surface area contributed by atoms with E-state index in [1.807, 2.05) is 0 Å². The van der Waals surface area contributed by atoms with Gasteiger partial charge in [-0.15, -0.1) is 0 Å². The highest BCUT2D eigenvalue weighted by molar-refractivity contribution is 4.93. The Kier molecular flexibility index (Phi) is 3.83. The molecule has 1 fully saturated rings. The van der Waals surface area contributed by atoms with Crippen molar-refractivity contribution < 1.29 is 0 Å².